The molecule has 2 aromatic rings. The third-order valence-electron chi connectivity index (χ3n) is 4.44. The summed E-state index contributed by atoms with van der Waals surface area (Å²) in [4.78, 5) is 16.6. The molecular formula is C20H17FN4O3. The van der Waals surface area contributed by atoms with Crippen LogP contribution in [-0.4, -0.2) is 30.7 Å². The molecule has 1 aliphatic rings. The van der Waals surface area contributed by atoms with Gasteiger partial charge in [0.25, 0.3) is 5.91 Å². The molecule has 1 amide bonds. The normalized spacial score (nSPS) is 15.9. The number of nitrogens with zero attached hydrogens (tertiary/aromatic N) is 3. The molecule has 1 aromatic carbocycles. The van der Waals surface area contributed by atoms with Crippen LogP contribution in [0.15, 0.2) is 24.3 Å². The molecule has 7 nitrogen and oxygen atoms in total. The van der Waals surface area contributed by atoms with Crippen molar-refractivity contribution < 1.29 is 18.7 Å². The Morgan fingerprint density at radius 2 is 2.04 bits per heavy atom. The molecule has 3 rings (SSSR count). The second-order valence-corrected chi connectivity index (χ2v) is 6.14. The van der Waals surface area contributed by atoms with E-state index in [0.29, 0.717) is 13.0 Å². The van der Waals surface area contributed by atoms with Crippen LogP contribution in [0.4, 0.5) is 10.2 Å². The molecule has 1 N–H and O–H groups in total. The number of halogens is 1. The summed E-state index contributed by atoms with van der Waals surface area (Å²) < 4.78 is 25.1. The van der Waals surface area contributed by atoms with Crippen molar-refractivity contribution in [2.75, 3.05) is 19.0 Å². The molecule has 1 aliphatic heterocycles. The predicted molar refractivity (Wildman–Crippen MR) is 97.8 cm³/mol. The molecule has 2 heterocycles. The van der Waals surface area contributed by atoms with Gasteiger partial charge in [0, 0.05) is 17.7 Å². The average Bonchev–Trinajstić information content (AvgIpc) is 2.73. The number of anilines is 1. The Bertz CT molecular complexity index is 988. The molecule has 142 valence electrons. The Hall–Kier alpha value is -3.49. The lowest BCUT2D eigenvalue weighted by Crippen LogP contribution is -2.33. The first kappa shape index (κ1) is 19.3. The fraction of sp³-hybridized carbons (Fsp3) is 0.300. The van der Waals surface area contributed by atoms with Gasteiger partial charge in [-0.3, -0.25) is 4.79 Å². The number of methoxy groups -OCH3 is 1. The molecular weight excluding hydrogens is 363 g/mol. The molecule has 0 saturated carbocycles. The van der Waals surface area contributed by atoms with E-state index >= 15 is 0 Å². The van der Waals surface area contributed by atoms with E-state index in [1.165, 1.54) is 25.3 Å². The minimum atomic E-state index is -0.652. The minimum absolute atomic E-state index is 0.0230. The van der Waals surface area contributed by atoms with Gasteiger partial charge in [-0.25, -0.2) is 4.39 Å². The fourth-order valence-electron chi connectivity index (χ4n) is 3.09. The maximum Gasteiger partial charge on any atom is 0.254 e. The molecule has 28 heavy (non-hydrogen) atoms. The van der Waals surface area contributed by atoms with Gasteiger partial charge in [0.15, 0.2) is 5.82 Å². The number of benzene rings is 1. The third kappa shape index (κ3) is 3.64. The van der Waals surface area contributed by atoms with Gasteiger partial charge < -0.3 is 14.8 Å². The van der Waals surface area contributed by atoms with E-state index in [1.54, 1.807) is 6.07 Å². The summed E-state index contributed by atoms with van der Waals surface area (Å²) >= 11 is 0. The topological polar surface area (TPSA) is 108 Å². The number of amides is 1. The number of pyridine rings is 1. The maximum atomic E-state index is 14.4. The Morgan fingerprint density at radius 1 is 1.29 bits per heavy atom. The quantitative estimate of drug-likeness (QED) is 0.873. The molecule has 8 heteroatoms. The van der Waals surface area contributed by atoms with Crippen molar-refractivity contribution in [2.24, 2.45) is 0 Å². The van der Waals surface area contributed by atoms with Crippen LogP contribution in [0, 0.1) is 28.5 Å². The number of nitriles is 2. The average molecular weight is 380 g/mol. The molecule has 1 aromatic heterocycles. The van der Waals surface area contributed by atoms with E-state index in [4.69, 9.17) is 9.47 Å². The Balaban J connectivity index is 2.15. The van der Waals surface area contributed by atoms with Crippen molar-refractivity contribution in [1.29, 1.82) is 10.5 Å². The molecule has 1 saturated heterocycles. The number of nitrogens with one attached hydrogen (secondary N) is 1. The first-order valence-electron chi connectivity index (χ1n) is 8.70. The molecule has 0 aliphatic carbocycles. The third-order valence-corrected chi connectivity index (χ3v) is 4.44. The molecule has 1 atom stereocenters. The van der Waals surface area contributed by atoms with Gasteiger partial charge in [-0.1, -0.05) is 18.2 Å². The fourth-order valence-corrected chi connectivity index (χ4v) is 3.09. The first-order valence-corrected chi connectivity index (χ1v) is 8.70. The number of aromatic nitrogens is 1. The van der Waals surface area contributed by atoms with Crippen LogP contribution in [0.25, 0.3) is 11.1 Å². The van der Waals surface area contributed by atoms with Gasteiger partial charge in [0.2, 0.25) is 5.88 Å². The number of hydrogen-bond donors (Lipinski definition) is 1. The number of rotatable bonds is 4. The largest absolute Gasteiger partial charge is 0.480 e. The summed E-state index contributed by atoms with van der Waals surface area (Å²) in [7, 11) is 1.30. The molecule has 1 fully saturated rings. The van der Waals surface area contributed by atoms with E-state index < -0.39 is 17.8 Å². The highest BCUT2D eigenvalue weighted by atomic mass is 19.1. The van der Waals surface area contributed by atoms with E-state index in [0.717, 1.165) is 12.8 Å². The summed E-state index contributed by atoms with van der Waals surface area (Å²) in [6, 6.07) is 9.60. The number of ether oxygens (including phenoxy) is 2. The zero-order chi connectivity index (χ0) is 20.1. The van der Waals surface area contributed by atoms with Crippen LogP contribution in [0.1, 0.15) is 30.4 Å². The van der Waals surface area contributed by atoms with Gasteiger partial charge >= 0.3 is 0 Å². The van der Waals surface area contributed by atoms with Gasteiger partial charge in [-0.2, -0.15) is 15.5 Å². The Labute approximate surface area is 161 Å². The zero-order valence-electron chi connectivity index (χ0n) is 15.2. The Morgan fingerprint density at radius 3 is 2.64 bits per heavy atom. The van der Waals surface area contributed by atoms with E-state index in [9.17, 15) is 19.7 Å². The van der Waals surface area contributed by atoms with Gasteiger partial charge in [0.05, 0.1) is 7.11 Å². The van der Waals surface area contributed by atoms with Crippen LogP contribution in [-0.2, 0) is 9.53 Å². The highest BCUT2D eigenvalue weighted by molar-refractivity contribution is 5.96. The van der Waals surface area contributed by atoms with Crippen molar-refractivity contribution >= 4 is 11.7 Å². The zero-order valence-corrected chi connectivity index (χ0v) is 15.2. The second kappa shape index (κ2) is 8.47. The van der Waals surface area contributed by atoms with Crippen LogP contribution in [0.3, 0.4) is 0 Å². The van der Waals surface area contributed by atoms with Crippen LogP contribution >= 0.6 is 0 Å². The maximum absolute atomic E-state index is 14.4. The SMILES string of the molecule is COc1nc(NC(=O)C2CCCCO2)c(C#N)c(-c2ccccc2F)c1C#N. The molecule has 0 spiro atoms. The monoisotopic (exact) mass is 380 g/mol. The van der Waals surface area contributed by atoms with Gasteiger partial charge in [0.1, 0.15) is 35.2 Å². The van der Waals surface area contributed by atoms with Crippen LogP contribution < -0.4 is 10.1 Å². The van der Waals surface area contributed by atoms with E-state index in [1.807, 2.05) is 12.1 Å². The minimum Gasteiger partial charge on any atom is -0.480 e. The summed E-state index contributed by atoms with van der Waals surface area (Å²) in [5.41, 5.74) is -0.141. The summed E-state index contributed by atoms with van der Waals surface area (Å²) in [6.45, 7) is 0.480. The van der Waals surface area contributed by atoms with Gasteiger partial charge in [-0.05, 0) is 25.3 Å². The van der Waals surface area contributed by atoms with Crippen molar-refractivity contribution in [1.82, 2.24) is 4.98 Å². The summed E-state index contributed by atoms with van der Waals surface area (Å²) in [5, 5.41) is 21.9. The predicted octanol–water partition coefficient (Wildman–Crippen LogP) is 3.15. The highest BCUT2D eigenvalue weighted by Gasteiger charge is 2.27. The van der Waals surface area contributed by atoms with Crippen LogP contribution in [0.5, 0.6) is 5.88 Å². The lowest BCUT2D eigenvalue weighted by atomic mass is 9.95. The first-order chi connectivity index (χ1) is 13.6. The van der Waals surface area contributed by atoms with E-state index in [-0.39, 0.29) is 34.0 Å². The lowest BCUT2D eigenvalue weighted by molar-refractivity contribution is -0.130. The van der Waals surface area contributed by atoms with Gasteiger partial charge in [-0.15, -0.1) is 0 Å². The highest BCUT2D eigenvalue weighted by Crippen LogP contribution is 2.37. The summed E-state index contributed by atoms with van der Waals surface area (Å²) in [6.07, 6.45) is 1.64. The molecule has 0 bridgehead atoms. The van der Waals surface area contributed by atoms with E-state index in [2.05, 4.69) is 10.3 Å². The van der Waals surface area contributed by atoms with Crippen molar-refractivity contribution in [3.63, 3.8) is 0 Å². The smallest absolute Gasteiger partial charge is 0.254 e. The second-order valence-electron chi connectivity index (χ2n) is 6.14. The number of hydrogen-bond acceptors (Lipinski definition) is 6. The van der Waals surface area contributed by atoms with Crippen molar-refractivity contribution in [2.45, 2.75) is 25.4 Å². The summed E-state index contributed by atoms with van der Waals surface area (Å²) in [5.74, 6) is -1.28. The lowest BCUT2D eigenvalue weighted by Gasteiger charge is -2.22. The van der Waals surface area contributed by atoms with Crippen molar-refractivity contribution in [3.8, 4) is 29.1 Å². The van der Waals surface area contributed by atoms with Crippen molar-refractivity contribution in [3.05, 3.63) is 41.2 Å². The molecule has 1 unspecified atom stereocenters. The molecule has 0 radical (unpaired) electrons. The number of carbonyl (C=O) groups excluding carboxylic acids is 1. The Kier molecular flexibility index (Phi) is 5.83. The van der Waals surface area contributed by atoms with Crippen LogP contribution in [0.2, 0.25) is 0 Å². The standard InChI is InChI=1S/C20H17FN4O3/c1-27-20-14(11-23)17(12-6-2-3-7-15(12)21)13(10-22)18(25-20)24-19(26)16-8-4-5-9-28-16/h2-3,6-7,16H,4-5,8-9H2,1H3,(H,24,25,26). The number of carbonyl (C=O) groups is 1.